The Morgan fingerprint density at radius 1 is 1.20 bits per heavy atom. The molecule has 25 heavy (non-hydrogen) atoms. The Labute approximate surface area is 141 Å². The number of phenols is 1. The van der Waals surface area contributed by atoms with Crippen LogP contribution in [-0.4, -0.2) is 16.0 Å². The van der Waals surface area contributed by atoms with Crippen molar-refractivity contribution >= 4 is 11.6 Å². The molecule has 2 N–H and O–H groups in total. The van der Waals surface area contributed by atoms with Gasteiger partial charge < -0.3 is 14.8 Å². The maximum absolute atomic E-state index is 13.7. The number of amides is 1. The van der Waals surface area contributed by atoms with Gasteiger partial charge in [0.25, 0.3) is 0 Å². The van der Waals surface area contributed by atoms with Gasteiger partial charge in [0.05, 0.1) is 17.4 Å². The van der Waals surface area contributed by atoms with Crippen LogP contribution < -0.4 is 5.32 Å². The number of anilines is 1. The molecule has 1 heterocycles. The van der Waals surface area contributed by atoms with E-state index in [1.54, 1.807) is 18.2 Å². The molecule has 0 aliphatic carbocycles. The Morgan fingerprint density at radius 3 is 2.76 bits per heavy atom. The molecule has 5 nitrogen and oxygen atoms in total. The van der Waals surface area contributed by atoms with Crippen LogP contribution in [0.25, 0.3) is 11.3 Å². The van der Waals surface area contributed by atoms with E-state index in [-0.39, 0.29) is 41.7 Å². The van der Waals surface area contributed by atoms with E-state index < -0.39 is 11.6 Å². The summed E-state index contributed by atoms with van der Waals surface area (Å²) >= 11 is 0. The highest BCUT2D eigenvalue weighted by atomic mass is 19.1. The molecular formula is C18H14F2N2O3. The molecule has 3 aromatic rings. The highest BCUT2D eigenvalue weighted by Crippen LogP contribution is 2.25. The third-order valence-electron chi connectivity index (χ3n) is 3.49. The average Bonchev–Trinajstić information content (AvgIpc) is 3.04. The number of aryl methyl sites for hydroxylation is 1. The lowest BCUT2D eigenvalue weighted by Gasteiger charge is -2.05. The maximum atomic E-state index is 13.7. The van der Waals surface area contributed by atoms with Gasteiger partial charge in [-0.05, 0) is 24.3 Å². The molecule has 0 saturated carbocycles. The summed E-state index contributed by atoms with van der Waals surface area (Å²) in [7, 11) is 0. The van der Waals surface area contributed by atoms with Crippen LogP contribution in [0.3, 0.4) is 0 Å². The fraction of sp³-hybridized carbons (Fsp3) is 0.111. The Bertz CT molecular complexity index is 909. The zero-order valence-corrected chi connectivity index (χ0v) is 13.0. The molecule has 7 heteroatoms. The smallest absolute Gasteiger partial charge is 0.224 e. The minimum absolute atomic E-state index is 0.0268. The minimum atomic E-state index is -0.750. The summed E-state index contributed by atoms with van der Waals surface area (Å²) < 4.78 is 32.1. The van der Waals surface area contributed by atoms with Crippen molar-refractivity contribution in [2.75, 3.05) is 5.32 Å². The van der Waals surface area contributed by atoms with Crippen molar-refractivity contribution in [2.45, 2.75) is 12.8 Å². The quantitative estimate of drug-likeness (QED) is 0.689. The molecule has 0 radical (unpaired) electrons. The highest BCUT2D eigenvalue weighted by molar-refractivity contribution is 5.92. The second-order valence-electron chi connectivity index (χ2n) is 5.31. The minimum Gasteiger partial charge on any atom is -0.506 e. The van der Waals surface area contributed by atoms with Gasteiger partial charge in [-0.3, -0.25) is 4.79 Å². The number of nitrogens with zero attached hydrogens (tertiary/aromatic N) is 1. The number of rotatable bonds is 5. The number of nitrogens with one attached hydrogen (secondary N) is 1. The van der Waals surface area contributed by atoms with Crippen molar-refractivity contribution < 1.29 is 23.1 Å². The monoisotopic (exact) mass is 344 g/mol. The van der Waals surface area contributed by atoms with Crippen molar-refractivity contribution in [1.29, 1.82) is 0 Å². The van der Waals surface area contributed by atoms with E-state index in [4.69, 9.17) is 4.42 Å². The standard InChI is InChI=1S/C18H14F2N2O3/c19-11-5-6-12(13(20)9-11)16-10-21-18(25-16)8-7-17(24)22-14-3-1-2-4-15(14)23/h1-6,9-10,23H,7-8H2,(H,22,24). The Kier molecular flexibility index (Phi) is 4.74. The summed E-state index contributed by atoms with van der Waals surface area (Å²) in [6, 6.07) is 9.53. The van der Waals surface area contributed by atoms with E-state index >= 15 is 0 Å². The van der Waals surface area contributed by atoms with E-state index in [1.807, 2.05) is 0 Å². The van der Waals surface area contributed by atoms with E-state index in [9.17, 15) is 18.7 Å². The summed E-state index contributed by atoms with van der Waals surface area (Å²) in [6.07, 6.45) is 1.59. The molecule has 0 atom stereocenters. The van der Waals surface area contributed by atoms with Crippen LogP contribution in [-0.2, 0) is 11.2 Å². The maximum Gasteiger partial charge on any atom is 0.224 e. The number of para-hydroxylation sites is 2. The molecule has 0 spiro atoms. The fourth-order valence-electron chi connectivity index (χ4n) is 2.25. The molecule has 0 bridgehead atoms. The number of hydrogen-bond donors (Lipinski definition) is 2. The van der Waals surface area contributed by atoms with E-state index in [0.29, 0.717) is 5.69 Å². The van der Waals surface area contributed by atoms with Crippen molar-refractivity contribution in [3.63, 3.8) is 0 Å². The van der Waals surface area contributed by atoms with Crippen molar-refractivity contribution in [1.82, 2.24) is 4.98 Å². The molecule has 0 fully saturated rings. The first-order chi connectivity index (χ1) is 12.0. The number of aromatic nitrogens is 1. The van der Waals surface area contributed by atoms with Gasteiger partial charge in [0.1, 0.15) is 17.4 Å². The normalized spacial score (nSPS) is 10.6. The van der Waals surface area contributed by atoms with Crippen LogP contribution in [0.15, 0.2) is 53.1 Å². The zero-order valence-electron chi connectivity index (χ0n) is 13.0. The summed E-state index contributed by atoms with van der Waals surface area (Å²) in [6.45, 7) is 0. The van der Waals surface area contributed by atoms with Crippen LogP contribution in [0, 0.1) is 11.6 Å². The second-order valence-corrected chi connectivity index (χ2v) is 5.31. The van der Waals surface area contributed by atoms with E-state index in [0.717, 1.165) is 12.1 Å². The Balaban J connectivity index is 1.62. The van der Waals surface area contributed by atoms with Gasteiger partial charge in [-0.25, -0.2) is 13.8 Å². The first kappa shape index (κ1) is 16.6. The largest absolute Gasteiger partial charge is 0.506 e. The Morgan fingerprint density at radius 2 is 2.00 bits per heavy atom. The summed E-state index contributed by atoms with van der Waals surface area (Å²) in [5.41, 5.74) is 0.410. The van der Waals surface area contributed by atoms with E-state index in [1.165, 1.54) is 18.3 Å². The van der Waals surface area contributed by atoms with Gasteiger partial charge >= 0.3 is 0 Å². The molecule has 0 unspecified atom stereocenters. The summed E-state index contributed by atoms with van der Waals surface area (Å²) in [5, 5.41) is 12.2. The van der Waals surface area contributed by atoms with Gasteiger partial charge in [0.2, 0.25) is 5.91 Å². The second kappa shape index (κ2) is 7.12. The van der Waals surface area contributed by atoms with E-state index in [2.05, 4.69) is 10.3 Å². The molecule has 1 amide bonds. The topological polar surface area (TPSA) is 75.4 Å². The lowest BCUT2D eigenvalue weighted by molar-refractivity contribution is -0.116. The number of oxazole rings is 1. The molecule has 0 saturated heterocycles. The number of benzene rings is 2. The number of halogens is 2. The number of carbonyl (C=O) groups excluding carboxylic acids is 1. The molecular weight excluding hydrogens is 330 g/mol. The average molecular weight is 344 g/mol. The van der Waals surface area contributed by atoms with Crippen LogP contribution in [0.5, 0.6) is 5.75 Å². The highest BCUT2D eigenvalue weighted by Gasteiger charge is 2.13. The van der Waals surface area contributed by atoms with Gasteiger partial charge in [-0.2, -0.15) is 0 Å². The molecule has 3 rings (SSSR count). The summed E-state index contributed by atoms with van der Waals surface area (Å²) in [5.74, 6) is -1.36. The van der Waals surface area contributed by atoms with Crippen LogP contribution >= 0.6 is 0 Å². The third kappa shape index (κ3) is 4.00. The summed E-state index contributed by atoms with van der Waals surface area (Å²) in [4.78, 5) is 15.9. The molecule has 128 valence electrons. The van der Waals surface area contributed by atoms with Gasteiger partial charge in [-0.1, -0.05) is 12.1 Å². The lowest BCUT2D eigenvalue weighted by Crippen LogP contribution is -2.12. The first-order valence-electron chi connectivity index (χ1n) is 7.51. The fourth-order valence-corrected chi connectivity index (χ4v) is 2.25. The van der Waals surface area contributed by atoms with Gasteiger partial charge in [0, 0.05) is 18.9 Å². The molecule has 2 aromatic carbocycles. The SMILES string of the molecule is O=C(CCc1ncc(-c2ccc(F)cc2F)o1)Nc1ccccc1O. The molecule has 0 aliphatic heterocycles. The number of phenolic OH excluding ortho intramolecular Hbond substituents is 1. The van der Waals surface area contributed by atoms with Crippen molar-refractivity contribution in [3.05, 3.63) is 66.2 Å². The van der Waals surface area contributed by atoms with Crippen LogP contribution in [0.1, 0.15) is 12.3 Å². The predicted molar refractivity (Wildman–Crippen MR) is 86.9 cm³/mol. The lowest BCUT2D eigenvalue weighted by atomic mass is 10.2. The van der Waals surface area contributed by atoms with Crippen molar-refractivity contribution in [3.8, 4) is 17.1 Å². The van der Waals surface area contributed by atoms with Gasteiger partial charge in [-0.15, -0.1) is 0 Å². The predicted octanol–water partition coefficient (Wildman–Crippen LogP) is 3.90. The number of carbonyl (C=O) groups is 1. The van der Waals surface area contributed by atoms with Crippen LogP contribution in [0.4, 0.5) is 14.5 Å². The Hall–Kier alpha value is -3.22. The molecule has 0 aliphatic rings. The third-order valence-corrected chi connectivity index (χ3v) is 3.49. The van der Waals surface area contributed by atoms with Crippen molar-refractivity contribution in [2.24, 2.45) is 0 Å². The zero-order chi connectivity index (χ0) is 17.8. The number of aromatic hydroxyl groups is 1. The van der Waals surface area contributed by atoms with Crippen LogP contribution in [0.2, 0.25) is 0 Å². The molecule has 1 aromatic heterocycles. The first-order valence-corrected chi connectivity index (χ1v) is 7.51. The number of hydrogen-bond acceptors (Lipinski definition) is 4. The van der Waals surface area contributed by atoms with Gasteiger partial charge in [0.15, 0.2) is 11.7 Å².